The highest BCUT2D eigenvalue weighted by atomic mass is 79.9. The SMILES string of the molecule is O=[N+]([O-])c1cccc2nncc(Br)c12. The number of non-ortho nitro benzene ring substituents is 1. The molecule has 0 aliphatic heterocycles. The molecular weight excluding hydrogens is 250 g/mol. The normalized spacial score (nSPS) is 10.4. The van der Waals surface area contributed by atoms with Gasteiger partial charge in [0.25, 0.3) is 5.69 Å². The van der Waals surface area contributed by atoms with Gasteiger partial charge in [0.15, 0.2) is 0 Å². The smallest absolute Gasteiger partial charge is 0.258 e. The Bertz CT molecular complexity index is 510. The van der Waals surface area contributed by atoms with Gasteiger partial charge >= 0.3 is 0 Å². The third kappa shape index (κ3) is 1.33. The molecule has 1 heterocycles. The summed E-state index contributed by atoms with van der Waals surface area (Å²) in [6, 6.07) is 4.70. The van der Waals surface area contributed by atoms with Gasteiger partial charge in [-0.15, -0.1) is 0 Å². The zero-order valence-electron chi connectivity index (χ0n) is 6.85. The Kier molecular flexibility index (Phi) is 2.12. The zero-order chi connectivity index (χ0) is 10.1. The largest absolute Gasteiger partial charge is 0.280 e. The molecule has 1 aromatic carbocycles. The van der Waals surface area contributed by atoms with Crippen LogP contribution in [0.5, 0.6) is 0 Å². The Morgan fingerprint density at radius 1 is 1.43 bits per heavy atom. The van der Waals surface area contributed by atoms with E-state index in [1.807, 2.05) is 0 Å². The van der Waals surface area contributed by atoms with E-state index in [2.05, 4.69) is 26.1 Å². The second-order valence-electron chi connectivity index (χ2n) is 2.62. The molecule has 0 unspecified atom stereocenters. The zero-order valence-corrected chi connectivity index (χ0v) is 8.43. The monoisotopic (exact) mass is 253 g/mol. The lowest BCUT2D eigenvalue weighted by molar-refractivity contribution is -0.383. The van der Waals surface area contributed by atoms with Crippen LogP contribution in [0.4, 0.5) is 5.69 Å². The van der Waals surface area contributed by atoms with Gasteiger partial charge in [0.1, 0.15) is 5.52 Å². The van der Waals surface area contributed by atoms with E-state index in [1.54, 1.807) is 12.1 Å². The summed E-state index contributed by atoms with van der Waals surface area (Å²) in [5.74, 6) is 0. The standard InChI is InChI=1S/C8H4BrN3O2/c9-5-4-10-11-6-2-1-3-7(8(5)6)12(13)14/h1-4H. The average molecular weight is 254 g/mol. The van der Waals surface area contributed by atoms with Crippen LogP contribution in [0.2, 0.25) is 0 Å². The van der Waals surface area contributed by atoms with Crippen molar-refractivity contribution in [3.05, 3.63) is 39.0 Å². The molecule has 0 saturated heterocycles. The highest BCUT2D eigenvalue weighted by molar-refractivity contribution is 9.10. The van der Waals surface area contributed by atoms with Gasteiger partial charge in [-0.1, -0.05) is 6.07 Å². The molecule has 0 N–H and O–H groups in total. The molecule has 2 rings (SSSR count). The molecule has 0 radical (unpaired) electrons. The molecule has 0 aliphatic rings. The molecule has 14 heavy (non-hydrogen) atoms. The third-order valence-electron chi connectivity index (χ3n) is 1.79. The fourth-order valence-corrected chi connectivity index (χ4v) is 1.71. The van der Waals surface area contributed by atoms with Crippen LogP contribution in [-0.4, -0.2) is 15.1 Å². The Balaban J connectivity index is 2.91. The number of nitro benzene ring substituents is 1. The highest BCUT2D eigenvalue weighted by Gasteiger charge is 2.14. The van der Waals surface area contributed by atoms with Crippen molar-refractivity contribution in [1.29, 1.82) is 0 Å². The van der Waals surface area contributed by atoms with Crippen molar-refractivity contribution in [2.45, 2.75) is 0 Å². The minimum absolute atomic E-state index is 0.0317. The number of nitrogens with zero attached hydrogens (tertiary/aromatic N) is 3. The molecule has 0 amide bonds. The maximum Gasteiger partial charge on any atom is 0.280 e. The molecule has 2 aromatic rings. The van der Waals surface area contributed by atoms with Crippen LogP contribution in [0.1, 0.15) is 0 Å². The number of rotatable bonds is 1. The van der Waals surface area contributed by atoms with Gasteiger partial charge in [-0.25, -0.2) is 0 Å². The van der Waals surface area contributed by atoms with Crippen molar-refractivity contribution < 1.29 is 4.92 Å². The number of halogens is 1. The predicted molar refractivity (Wildman–Crippen MR) is 53.9 cm³/mol. The molecule has 1 aromatic heterocycles. The quantitative estimate of drug-likeness (QED) is 0.578. The second-order valence-corrected chi connectivity index (χ2v) is 3.48. The van der Waals surface area contributed by atoms with Crippen molar-refractivity contribution in [3.8, 4) is 0 Å². The van der Waals surface area contributed by atoms with Crippen molar-refractivity contribution in [2.24, 2.45) is 0 Å². The van der Waals surface area contributed by atoms with Crippen molar-refractivity contribution >= 4 is 32.5 Å². The molecule has 0 fully saturated rings. The summed E-state index contributed by atoms with van der Waals surface area (Å²) in [7, 11) is 0. The maximum absolute atomic E-state index is 10.7. The Morgan fingerprint density at radius 2 is 2.21 bits per heavy atom. The lowest BCUT2D eigenvalue weighted by Crippen LogP contribution is -1.92. The predicted octanol–water partition coefficient (Wildman–Crippen LogP) is 2.30. The Morgan fingerprint density at radius 3 is 2.93 bits per heavy atom. The molecule has 6 heteroatoms. The van der Waals surface area contributed by atoms with Crippen LogP contribution < -0.4 is 0 Å². The average Bonchev–Trinajstić information content (AvgIpc) is 2.17. The lowest BCUT2D eigenvalue weighted by atomic mass is 10.2. The van der Waals surface area contributed by atoms with E-state index in [0.29, 0.717) is 15.4 Å². The first-order valence-corrected chi connectivity index (χ1v) is 4.54. The number of aromatic nitrogens is 2. The molecule has 0 aliphatic carbocycles. The second kappa shape index (κ2) is 3.30. The summed E-state index contributed by atoms with van der Waals surface area (Å²) >= 11 is 3.21. The van der Waals surface area contributed by atoms with Gasteiger partial charge < -0.3 is 0 Å². The van der Waals surface area contributed by atoms with Crippen LogP contribution in [0, 0.1) is 10.1 Å². The van der Waals surface area contributed by atoms with E-state index in [-0.39, 0.29) is 5.69 Å². The number of fused-ring (bicyclic) bond motifs is 1. The van der Waals surface area contributed by atoms with E-state index in [0.717, 1.165) is 0 Å². The van der Waals surface area contributed by atoms with Gasteiger partial charge in [-0.3, -0.25) is 10.1 Å². The summed E-state index contributed by atoms with van der Waals surface area (Å²) in [4.78, 5) is 10.3. The van der Waals surface area contributed by atoms with E-state index < -0.39 is 4.92 Å². The molecule has 0 bridgehead atoms. The number of hydrogen-bond acceptors (Lipinski definition) is 4. The third-order valence-corrected chi connectivity index (χ3v) is 2.39. The Hall–Kier alpha value is -1.56. The number of hydrogen-bond donors (Lipinski definition) is 0. The molecule has 0 spiro atoms. The minimum atomic E-state index is -0.436. The van der Waals surface area contributed by atoms with Crippen molar-refractivity contribution in [1.82, 2.24) is 10.2 Å². The Labute approximate surface area is 87.0 Å². The summed E-state index contributed by atoms with van der Waals surface area (Å²) in [6.45, 7) is 0. The molecule has 0 saturated carbocycles. The summed E-state index contributed by atoms with van der Waals surface area (Å²) in [5.41, 5.74) is 0.540. The number of nitro groups is 1. The van der Waals surface area contributed by atoms with E-state index in [1.165, 1.54) is 12.3 Å². The van der Waals surface area contributed by atoms with Crippen molar-refractivity contribution in [3.63, 3.8) is 0 Å². The summed E-state index contributed by atoms with van der Waals surface area (Å²) in [5, 5.41) is 18.7. The van der Waals surface area contributed by atoms with Crippen molar-refractivity contribution in [2.75, 3.05) is 0 Å². The lowest BCUT2D eigenvalue weighted by Gasteiger charge is -1.98. The first-order valence-electron chi connectivity index (χ1n) is 3.74. The van der Waals surface area contributed by atoms with Gasteiger partial charge in [-0.2, -0.15) is 10.2 Å². The minimum Gasteiger partial charge on any atom is -0.258 e. The van der Waals surface area contributed by atoms with Crippen LogP contribution in [0.25, 0.3) is 10.9 Å². The maximum atomic E-state index is 10.7. The fraction of sp³-hybridized carbons (Fsp3) is 0. The van der Waals surface area contributed by atoms with Crippen LogP contribution in [-0.2, 0) is 0 Å². The summed E-state index contributed by atoms with van der Waals surface area (Å²) < 4.78 is 0.579. The van der Waals surface area contributed by atoms with Gasteiger partial charge in [-0.05, 0) is 22.0 Å². The van der Waals surface area contributed by atoms with Crippen LogP contribution in [0.15, 0.2) is 28.9 Å². The number of benzene rings is 1. The van der Waals surface area contributed by atoms with Crippen LogP contribution in [0.3, 0.4) is 0 Å². The van der Waals surface area contributed by atoms with E-state index >= 15 is 0 Å². The van der Waals surface area contributed by atoms with Gasteiger partial charge in [0.05, 0.1) is 21.0 Å². The van der Waals surface area contributed by atoms with E-state index in [4.69, 9.17) is 0 Å². The molecule has 70 valence electrons. The van der Waals surface area contributed by atoms with Gasteiger partial charge in [0, 0.05) is 6.07 Å². The van der Waals surface area contributed by atoms with E-state index in [9.17, 15) is 10.1 Å². The van der Waals surface area contributed by atoms with Crippen LogP contribution >= 0.6 is 15.9 Å². The fourth-order valence-electron chi connectivity index (χ4n) is 1.21. The molecule has 0 atom stereocenters. The highest BCUT2D eigenvalue weighted by Crippen LogP contribution is 2.29. The summed E-state index contributed by atoms with van der Waals surface area (Å²) in [6.07, 6.45) is 1.44. The van der Waals surface area contributed by atoms with Gasteiger partial charge in [0.2, 0.25) is 0 Å². The molecular formula is C8H4BrN3O2. The first-order chi connectivity index (χ1) is 6.70. The molecule has 5 nitrogen and oxygen atoms in total. The first kappa shape index (κ1) is 9.01. The topological polar surface area (TPSA) is 68.9 Å².